The standard InChI is InChI=1S/C19H25BrO/c20-14-11-9-13(10-12-14)19(21)17-7-3-1-5-15(17)16-6-2-4-8-18(16)19/h9-12,15-18,21H,1-8H2/t15-,16-,17-,18+,19?/m1/s1. The van der Waals surface area contributed by atoms with Crippen molar-refractivity contribution in [2.45, 2.75) is 57.0 Å². The molecule has 114 valence electrons. The summed E-state index contributed by atoms with van der Waals surface area (Å²) in [6.45, 7) is 0. The molecule has 0 bridgehead atoms. The van der Waals surface area contributed by atoms with Gasteiger partial charge in [0.05, 0.1) is 5.60 Å². The van der Waals surface area contributed by atoms with Crippen LogP contribution in [0.15, 0.2) is 28.7 Å². The summed E-state index contributed by atoms with van der Waals surface area (Å²) in [4.78, 5) is 0. The minimum Gasteiger partial charge on any atom is -0.385 e. The van der Waals surface area contributed by atoms with E-state index in [2.05, 4.69) is 40.2 Å². The van der Waals surface area contributed by atoms with Crippen molar-refractivity contribution in [3.05, 3.63) is 34.3 Å². The lowest BCUT2D eigenvalue weighted by molar-refractivity contribution is -0.0650. The molecule has 1 N–H and O–H groups in total. The average Bonchev–Trinajstić information content (AvgIpc) is 2.80. The molecule has 0 aliphatic heterocycles. The van der Waals surface area contributed by atoms with Crippen LogP contribution in [0.2, 0.25) is 0 Å². The fraction of sp³-hybridized carbons (Fsp3) is 0.684. The molecule has 0 saturated heterocycles. The van der Waals surface area contributed by atoms with Gasteiger partial charge in [0, 0.05) is 4.47 Å². The van der Waals surface area contributed by atoms with Crippen LogP contribution in [0.1, 0.15) is 56.9 Å². The monoisotopic (exact) mass is 348 g/mol. The fourth-order valence-electron chi connectivity index (χ4n) is 5.86. The molecule has 0 aromatic heterocycles. The van der Waals surface area contributed by atoms with Crippen LogP contribution < -0.4 is 0 Å². The zero-order chi connectivity index (χ0) is 14.4. The van der Waals surface area contributed by atoms with E-state index < -0.39 is 5.60 Å². The van der Waals surface area contributed by atoms with Crippen molar-refractivity contribution >= 4 is 15.9 Å². The first-order valence-corrected chi connectivity index (χ1v) is 9.49. The number of aliphatic hydroxyl groups is 1. The van der Waals surface area contributed by atoms with E-state index in [0.29, 0.717) is 11.8 Å². The molecular formula is C19H25BrO. The lowest BCUT2D eigenvalue weighted by Crippen LogP contribution is -2.39. The van der Waals surface area contributed by atoms with Crippen LogP contribution in [0, 0.1) is 23.7 Å². The van der Waals surface area contributed by atoms with E-state index in [-0.39, 0.29) is 0 Å². The van der Waals surface area contributed by atoms with Crippen molar-refractivity contribution in [2.24, 2.45) is 23.7 Å². The second-order valence-corrected chi connectivity index (χ2v) is 8.36. The maximum Gasteiger partial charge on any atom is 0.0958 e. The van der Waals surface area contributed by atoms with Gasteiger partial charge >= 0.3 is 0 Å². The van der Waals surface area contributed by atoms with Gasteiger partial charge in [0.15, 0.2) is 0 Å². The maximum absolute atomic E-state index is 11.8. The smallest absolute Gasteiger partial charge is 0.0958 e. The van der Waals surface area contributed by atoms with E-state index in [9.17, 15) is 5.11 Å². The quantitative estimate of drug-likeness (QED) is 0.733. The Labute approximate surface area is 136 Å². The van der Waals surface area contributed by atoms with E-state index in [4.69, 9.17) is 0 Å². The van der Waals surface area contributed by atoms with Crippen molar-refractivity contribution in [1.82, 2.24) is 0 Å². The summed E-state index contributed by atoms with van der Waals surface area (Å²) in [7, 11) is 0. The largest absolute Gasteiger partial charge is 0.385 e. The van der Waals surface area contributed by atoms with Crippen LogP contribution in [-0.4, -0.2) is 5.11 Å². The Morgan fingerprint density at radius 2 is 1.29 bits per heavy atom. The predicted molar refractivity (Wildman–Crippen MR) is 88.9 cm³/mol. The van der Waals surface area contributed by atoms with Crippen LogP contribution >= 0.6 is 15.9 Å². The van der Waals surface area contributed by atoms with E-state index in [1.165, 1.54) is 56.9 Å². The molecule has 4 rings (SSSR count). The van der Waals surface area contributed by atoms with Gasteiger partial charge in [-0.3, -0.25) is 0 Å². The van der Waals surface area contributed by atoms with E-state index >= 15 is 0 Å². The molecule has 3 aliphatic carbocycles. The summed E-state index contributed by atoms with van der Waals surface area (Å²) in [5.41, 5.74) is 0.619. The normalized spacial score (nSPS) is 42.4. The summed E-state index contributed by atoms with van der Waals surface area (Å²) in [6, 6.07) is 8.52. The minimum atomic E-state index is -0.559. The molecule has 1 aromatic rings. The lowest BCUT2D eigenvalue weighted by Gasteiger charge is -2.39. The van der Waals surface area contributed by atoms with Crippen molar-refractivity contribution < 1.29 is 5.11 Å². The van der Waals surface area contributed by atoms with Crippen molar-refractivity contribution in [2.75, 3.05) is 0 Å². The van der Waals surface area contributed by atoms with Crippen molar-refractivity contribution in [3.8, 4) is 0 Å². The Kier molecular flexibility index (Phi) is 3.66. The van der Waals surface area contributed by atoms with Crippen molar-refractivity contribution in [1.29, 1.82) is 0 Å². The van der Waals surface area contributed by atoms with Crippen LogP contribution in [-0.2, 0) is 5.60 Å². The molecule has 3 aliphatic rings. The number of hydrogen-bond acceptors (Lipinski definition) is 1. The Hall–Kier alpha value is -0.340. The molecule has 3 saturated carbocycles. The minimum absolute atomic E-state index is 0.500. The highest BCUT2D eigenvalue weighted by Crippen LogP contribution is 2.62. The second kappa shape index (κ2) is 5.38. The maximum atomic E-state index is 11.8. The molecule has 0 amide bonds. The van der Waals surface area contributed by atoms with Crippen molar-refractivity contribution in [3.63, 3.8) is 0 Å². The molecule has 1 nitrogen and oxygen atoms in total. The van der Waals surface area contributed by atoms with Gasteiger partial charge in [0.2, 0.25) is 0 Å². The summed E-state index contributed by atoms with van der Waals surface area (Å²) < 4.78 is 1.10. The molecule has 1 unspecified atom stereocenters. The van der Waals surface area contributed by atoms with Gasteiger partial charge in [0.1, 0.15) is 0 Å². The summed E-state index contributed by atoms with van der Waals surface area (Å²) >= 11 is 3.53. The molecule has 2 heteroatoms. The Bertz CT molecular complexity index is 487. The first-order chi connectivity index (χ1) is 10.2. The van der Waals surface area contributed by atoms with Gasteiger partial charge in [-0.2, -0.15) is 0 Å². The molecule has 21 heavy (non-hydrogen) atoms. The number of halogens is 1. The van der Waals surface area contributed by atoms with Gasteiger partial charge in [-0.1, -0.05) is 53.7 Å². The summed E-state index contributed by atoms with van der Waals surface area (Å²) in [5, 5.41) is 11.8. The third-order valence-electron chi connectivity index (χ3n) is 6.63. The summed E-state index contributed by atoms with van der Waals surface area (Å²) in [6.07, 6.45) is 10.5. The highest BCUT2D eigenvalue weighted by Gasteiger charge is 2.60. The lowest BCUT2D eigenvalue weighted by atomic mass is 9.71. The zero-order valence-electron chi connectivity index (χ0n) is 12.6. The summed E-state index contributed by atoms with van der Waals surface area (Å²) in [5.74, 6) is 2.55. The fourth-order valence-corrected chi connectivity index (χ4v) is 6.12. The zero-order valence-corrected chi connectivity index (χ0v) is 14.2. The third-order valence-corrected chi connectivity index (χ3v) is 7.15. The third kappa shape index (κ3) is 2.13. The molecule has 0 radical (unpaired) electrons. The SMILES string of the molecule is OC1(c2ccc(Br)cc2)[C@@H]2CCCC[C@@H]2[C@H]2CCCC[C@@H]21. The number of rotatable bonds is 1. The molecule has 0 spiro atoms. The highest BCUT2D eigenvalue weighted by atomic mass is 79.9. The molecule has 0 heterocycles. The number of hydrogen-bond donors (Lipinski definition) is 1. The molecular weight excluding hydrogens is 324 g/mol. The van der Waals surface area contributed by atoms with Crippen LogP contribution in [0.4, 0.5) is 0 Å². The molecule has 1 aromatic carbocycles. The highest BCUT2D eigenvalue weighted by molar-refractivity contribution is 9.10. The average molecular weight is 349 g/mol. The first-order valence-electron chi connectivity index (χ1n) is 8.69. The predicted octanol–water partition coefficient (Wildman–Crippen LogP) is 5.26. The van der Waals surface area contributed by atoms with Gasteiger partial charge in [-0.25, -0.2) is 0 Å². The van der Waals surface area contributed by atoms with Gasteiger partial charge in [0.25, 0.3) is 0 Å². The molecule has 5 atom stereocenters. The molecule has 3 fully saturated rings. The number of benzene rings is 1. The van der Waals surface area contributed by atoms with Gasteiger partial charge < -0.3 is 5.11 Å². The van der Waals surface area contributed by atoms with Crippen LogP contribution in [0.5, 0.6) is 0 Å². The van der Waals surface area contributed by atoms with E-state index in [1.807, 2.05) is 0 Å². The Morgan fingerprint density at radius 1 is 0.810 bits per heavy atom. The van der Waals surface area contributed by atoms with Gasteiger partial charge in [-0.15, -0.1) is 0 Å². The van der Waals surface area contributed by atoms with E-state index in [1.54, 1.807) is 0 Å². The van der Waals surface area contributed by atoms with Gasteiger partial charge in [-0.05, 0) is 67.1 Å². The Balaban J connectivity index is 1.78. The van der Waals surface area contributed by atoms with E-state index in [0.717, 1.165) is 16.3 Å². The van der Waals surface area contributed by atoms with Crippen LogP contribution in [0.3, 0.4) is 0 Å². The Morgan fingerprint density at radius 3 is 1.81 bits per heavy atom. The number of fused-ring (bicyclic) bond motifs is 3. The first kappa shape index (κ1) is 14.3. The van der Waals surface area contributed by atoms with Crippen LogP contribution in [0.25, 0.3) is 0 Å². The second-order valence-electron chi connectivity index (χ2n) is 7.44. The topological polar surface area (TPSA) is 20.2 Å².